The fourth-order valence-electron chi connectivity index (χ4n) is 2.52. The van der Waals surface area contributed by atoms with Gasteiger partial charge in [0.05, 0.1) is 6.10 Å². The van der Waals surface area contributed by atoms with Crippen LogP contribution in [0.5, 0.6) is 0 Å². The van der Waals surface area contributed by atoms with Gasteiger partial charge in [0.25, 0.3) is 0 Å². The van der Waals surface area contributed by atoms with Crippen LogP contribution in [-0.2, 0) is 0 Å². The summed E-state index contributed by atoms with van der Waals surface area (Å²) < 4.78 is 0. The largest absolute Gasteiger partial charge is 0.393 e. The molecular weight excluding hydrogens is 136 g/mol. The molecule has 11 heavy (non-hydrogen) atoms. The van der Waals surface area contributed by atoms with Crippen molar-refractivity contribution in [3.05, 3.63) is 12.2 Å². The number of allylic oxidation sites excluding steroid dienone is 2. The Balaban J connectivity index is 2.22. The normalized spacial score (nSPS) is 55.0. The molecule has 0 radical (unpaired) electrons. The molecule has 1 saturated carbocycles. The van der Waals surface area contributed by atoms with Crippen LogP contribution in [0, 0.1) is 23.7 Å². The maximum Gasteiger partial charge on any atom is 0.0602 e. The molecule has 1 N–H and O–H groups in total. The Morgan fingerprint density at radius 1 is 1.09 bits per heavy atom. The second-order valence-electron chi connectivity index (χ2n) is 4.16. The molecule has 1 nitrogen and oxygen atoms in total. The molecule has 0 spiro atoms. The van der Waals surface area contributed by atoms with Crippen LogP contribution in [0.4, 0.5) is 0 Å². The second kappa shape index (κ2) is 2.34. The molecule has 1 heteroatoms. The van der Waals surface area contributed by atoms with E-state index in [-0.39, 0.29) is 6.10 Å². The Morgan fingerprint density at radius 3 is 2.00 bits per heavy atom. The highest BCUT2D eigenvalue weighted by Crippen LogP contribution is 2.43. The van der Waals surface area contributed by atoms with Crippen molar-refractivity contribution in [3.8, 4) is 0 Å². The number of hydrogen-bond donors (Lipinski definition) is 1. The van der Waals surface area contributed by atoms with Crippen LogP contribution in [0.1, 0.15) is 20.3 Å². The van der Waals surface area contributed by atoms with Crippen LogP contribution in [-0.4, -0.2) is 11.2 Å². The van der Waals surface area contributed by atoms with Crippen LogP contribution < -0.4 is 0 Å². The van der Waals surface area contributed by atoms with Gasteiger partial charge in [0, 0.05) is 0 Å². The van der Waals surface area contributed by atoms with Crippen molar-refractivity contribution in [2.45, 2.75) is 26.4 Å². The van der Waals surface area contributed by atoms with Gasteiger partial charge in [0.15, 0.2) is 0 Å². The minimum Gasteiger partial charge on any atom is -0.393 e. The molecule has 2 rings (SSSR count). The quantitative estimate of drug-likeness (QED) is 0.525. The first-order chi connectivity index (χ1) is 5.20. The molecule has 62 valence electrons. The summed E-state index contributed by atoms with van der Waals surface area (Å²) in [5, 5.41) is 9.79. The van der Waals surface area contributed by atoms with Crippen LogP contribution in [0.25, 0.3) is 0 Å². The number of aliphatic hydroxyl groups is 1. The zero-order chi connectivity index (χ0) is 8.01. The molecule has 0 aliphatic heterocycles. The summed E-state index contributed by atoms with van der Waals surface area (Å²) in [5.41, 5.74) is 0. The third-order valence-corrected chi connectivity index (χ3v) is 3.58. The molecule has 1 unspecified atom stereocenters. The maximum absolute atomic E-state index is 9.79. The van der Waals surface area contributed by atoms with Gasteiger partial charge in [0.2, 0.25) is 0 Å². The Morgan fingerprint density at radius 2 is 1.55 bits per heavy atom. The SMILES string of the molecule is C[C@@H]1C(O)[C@@H](C)[C@H]2C=C[C@@H]1C2. The molecule has 1 fully saturated rings. The predicted molar refractivity (Wildman–Crippen MR) is 45.1 cm³/mol. The average molecular weight is 152 g/mol. The van der Waals surface area contributed by atoms with Gasteiger partial charge in [-0.2, -0.15) is 0 Å². The van der Waals surface area contributed by atoms with Crippen molar-refractivity contribution < 1.29 is 5.11 Å². The van der Waals surface area contributed by atoms with Gasteiger partial charge in [0.1, 0.15) is 0 Å². The van der Waals surface area contributed by atoms with Gasteiger partial charge in [-0.1, -0.05) is 26.0 Å². The van der Waals surface area contributed by atoms with Gasteiger partial charge in [-0.15, -0.1) is 0 Å². The highest BCUT2D eigenvalue weighted by Gasteiger charge is 2.40. The van der Waals surface area contributed by atoms with Crippen LogP contribution in [0.15, 0.2) is 12.2 Å². The highest BCUT2D eigenvalue weighted by atomic mass is 16.3. The van der Waals surface area contributed by atoms with Gasteiger partial charge in [-0.25, -0.2) is 0 Å². The fourth-order valence-corrected chi connectivity index (χ4v) is 2.52. The van der Waals surface area contributed by atoms with Crippen molar-refractivity contribution >= 4 is 0 Å². The highest BCUT2D eigenvalue weighted by molar-refractivity contribution is 5.10. The zero-order valence-corrected chi connectivity index (χ0v) is 7.20. The van der Waals surface area contributed by atoms with E-state index < -0.39 is 0 Å². The maximum atomic E-state index is 9.79. The first kappa shape index (κ1) is 7.35. The minimum atomic E-state index is -0.0752. The van der Waals surface area contributed by atoms with Gasteiger partial charge in [-0.05, 0) is 30.1 Å². The van der Waals surface area contributed by atoms with Gasteiger partial charge < -0.3 is 5.11 Å². The van der Waals surface area contributed by atoms with E-state index in [1.54, 1.807) is 0 Å². The summed E-state index contributed by atoms with van der Waals surface area (Å²) in [6.45, 7) is 4.33. The van der Waals surface area contributed by atoms with Crippen molar-refractivity contribution in [1.29, 1.82) is 0 Å². The van der Waals surface area contributed by atoms with E-state index in [1.165, 1.54) is 6.42 Å². The molecule has 0 aromatic heterocycles. The van der Waals surface area contributed by atoms with E-state index in [9.17, 15) is 5.11 Å². The standard InChI is InChI=1S/C10H16O/c1-6-8-3-4-9(5-8)7(2)10(6)11/h3-4,6-11H,5H2,1-2H3/t6-,7-,8-,9+,10?/m0/s1. The van der Waals surface area contributed by atoms with Crippen LogP contribution in [0.3, 0.4) is 0 Å². The lowest BCUT2D eigenvalue weighted by Crippen LogP contribution is -2.37. The van der Waals surface area contributed by atoms with Crippen LogP contribution >= 0.6 is 0 Å². The first-order valence-corrected chi connectivity index (χ1v) is 4.56. The first-order valence-electron chi connectivity index (χ1n) is 4.56. The zero-order valence-electron chi connectivity index (χ0n) is 7.20. The summed E-state index contributed by atoms with van der Waals surface area (Å²) in [4.78, 5) is 0. The van der Waals surface area contributed by atoms with E-state index in [0.29, 0.717) is 23.7 Å². The Kier molecular flexibility index (Phi) is 1.57. The second-order valence-corrected chi connectivity index (χ2v) is 4.16. The summed E-state index contributed by atoms with van der Waals surface area (Å²) in [6.07, 6.45) is 5.79. The summed E-state index contributed by atoms with van der Waals surface area (Å²) >= 11 is 0. The summed E-state index contributed by atoms with van der Waals surface area (Å²) in [7, 11) is 0. The number of fused-ring (bicyclic) bond motifs is 2. The smallest absolute Gasteiger partial charge is 0.0602 e. The lowest BCUT2D eigenvalue weighted by Gasteiger charge is -2.36. The van der Waals surface area contributed by atoms with E-state index >= 15 is 0 Å². The molecule has 0 aromatic carbocycles. The van der Waals surface area contributed by atoms with E-state index in [0.717, 1.165) is 0 Å². The third kappa shape index (κ3) is 0.943. The van der Waals surface area contributed by atoms with E-state index in [4.69, 9.17) is 0 Å². The Hall–Kier alpha value is -0.300. The molecule has 2 aliphatic rings. The van der Waals surface area contributed by atoms with Gasteiger partial charge >= 0.3 is 0 Å². The molecule has 2 bridgehead atoms. The minimum absolute atomic E-state index is 0.0752. The van der Waals surface area contributed by atoms with Crippen LogP contribution in [0.2, 0.25) is 0 Å². The molecule has 2 aliphatic carbocycles. The van der Waals surface area contributed by atoms with Crippen molar-refractivity contribution in [1.82, 2.24) is 0 Å². The predicted octanol–water partition coefficient (Wildman–Crippen LogP) is 1.83. The molecular formula is C10H16O. The van der Waals surface area contributed by atoms with Gasteiger partial charge in [-0.3, -0.25) is 0 Å². The van der Waals surface area contributed by atoms with Crippen molar-refractivity contribution in [2.24, 2.45) is 23.7 Å². The monoisotopic (exact) mass is 152 g/mol. The number of rotatable bonds is 0. The lowest BCUT2D eigenvalue weighted by atomic mass is 9.72. The molecule has 0 aromatic rings. The molecule has 5 atom stereocenters. The van der Waals surface area contributed by atoms with Crippen molar-refractivity contribution in [3.63, 3.8) is 0 Å². The molecule has 0 amide bonds. The number of aliphatic hydroxyl groups excluding tert-OH is 1. The molecule has 0 saturated heterocycles. The summed E-state index contributed by atoms with van der Waals surface area (Å²) in [5.74, 6) is 2.26. The number of hydrogen-bond acceptors (Lipinski definition) is 1. The fraction of sp³-hybridized carbons (Fsp3) is 0.800. The molecule has 0 heterocycles. The third-order valence-electron chi connectivity index (χ3n) is 3.58. The lowest BCUT2D eigenvalue weighted by molar-refractivity contribution is 0.000953. The van der Waals surface area contributed by atoms with E-state index in [2.05, 4.69) is 26.0 Å². The average Bonchev–Trinajstić information content (AvgIpc) is 2.44. The topological polar surface area (TPSA) is 20.2 Å². The van der Waals surface area contributed by atoms with Crippen molar-refractivity contribution in [2.75, 3.05) is 0 Å². The van der Waals surface area contributed by atoms with E-state index in [1.807, 2.05) is 0 Å². The Labute approximate surface area is 68.1 Å². The Bertz CT molecular complexity index is 167. The summed E-state index contributed by atoms with van der Waals surface area (Å²) in [6, 6.07) is 0.